The highest BCUT2D eigenvalue weighted by Crippen LogP contribution is 2.95. The molecule has 0 bridgehead atoms. The molecule has 1 fully saturated rings. The van der Waals surface area contributed by atoms with Crippen LogP contribution in [0.1, 0.15) is 0 Å². The minimum atomic E-state index is -1.31. The van der Waals surface area contributed by atoms with Crippen molar-refractivity contribution in [2.45, 2.75) is 0 Å². The van der Waals surface area contributed by atoms with E-state index in [1.807, 2.05) is 28.1 Å². The van der Waals surface area contributed by atoms with Crippen LogP contribution in [0, 0.1) is 0 Å². The molecule has 0 amide bonds. The van der Waals surface area contributed by atoms with Crippen molar-refractivity contribution in [2.75, 3.05) is 0 Å². The molecule has 6 heteroatoms. The molecule has 1 aromatic rings. The molecular formula is C6H5P2S4+. The van der Waals surface area contributed by atoms with Gasteiger partial charge in [0.1, 0.15) is 0 Å². The summed E-state index contributed by atoms with van der Waals surface area (Å²) in [6, 6.07) is 10.4. The molecule has 0 aliphatic carbocycles. The topological polar surface area (TPSA) is 0 Å². The Kier molecular flexibility index (Phi) is 2.96. The van der Waals surface area contributed by atoms with Gasteiger partial charge in [-0.25, -0.2) is 0 Å². The van der Waals surface area contributed by atoms with E-state index in [1.54, 1.807) is 0 Å². The molecule has 1 saturated heterocycles. The van der Waals surface area contributed by atoms with E-state index in [0.29, 0.717) is 0 Å². The van der Waals surface area contributed by atoms with Crippen molar-refractivity contribution >= 4 is 60.5 Å². The fraction of sp³-hybridized carbons (Fsp3) is 0. The van der Waals surface area contributed by atoms with Crippen LogP contribution >= 0.6 is 31.5 Å². The fourth-order valence-corrected chi connectivity index (χ4v) is 32.7. The maximum atomic E-state index is 5.56. The van der Waals surface area contributed by atoms with E-state index in [-0.39, 0.29) is 5.10 Å². The van der Waals surface area contributed by atoms with Gasteiger partial charge < -0.3 is 0 Å². The van der Waals surface area contributed by atoms with Gasteiger partial charge in [-0.3, -0.25) is 0 Å². The first kappa shape index (κ1) is 9.64. The van der Waals surface area contributed by atoms with E-state index >= 15 is 0 Å². The lowest BCUT2D eigenvalue weighted by atomic mass is 10.4. The third-order valence-corrected chi connectivity index (χ3v) is 27.7. The summed E-state index contributed by atoms with van der Waals surface area (Å²) >= 11 is 14.4. The normalized spacial score (nSPS) is 31.2. The average molecular weight is 267 g/mol. The van der Waals surface area contributed by atoms with Crippen molar-refractivity contribution < 1.29 is 0 Å². The van der Waals surface area contributed by atoms with Gasteiger partial charge in [0.05, 0.1) is 0 Å². The molecule has 1 aromatic carbocycles. The van der Waals surface area contributed by atoms with Crippen LogP contribution in [-0.2, 0) is 23.6 Å². The maximum Gasteiger partial charge on any atom is 0.329 e. The minimum Gasteiger partial charge on any atom is -0.0622 e. The zero-order valence-corrected chi connectivity index (χ0v) is 11.0. The van der Waals surface area contributed by atoms with Crippen LogP contribution in [0.3, 0.4) is 0 Å². The van der Waals surface area contributed by atoms with E-state index in [1.165, 1.54) is 5.30 Å². The molecule has 2 rings (SSSR count). The second kappa shape index (κ2) is 3.68. The van der Waals surface area contributed by atoms with Crippen LogP contribution < -0.4 is 5.30 Å². The molecule has 0 nitrogen and oxygen atoms in total. The summed E-state index contributed by atoms with van der Waals surface area (Å²) in [7, 11) is 0. The lowest BCUT2D eigenvalue weighted by Gasteiger charge is -2.16. The van der Waals surface area contributed by atoms with Crippen LogP contribution in [0.5, 0.6) is 0 Å². The Hall–Kier alpha value is 1.09. The van der Waals surface area contributed by atoms with Crippen LogP contribution in [0.2, 0.25) is 0 Å². The van der Waals surface area contributed by atoms with Gasteiger partial charge in [-0.15, -0.1) is 0 Å². The molecule has 0 spiro atoms. The molecule has 0 saturated carbocycles. The van der Waals surface area contributed by atoms with Gasteiger partial charge >= 0.3 is 5.10 Å². The predicted octanol–water partition coefficient (Wildman–Crippen LogP) is 3.88. The van der Waals surface area contributed by atoms with Gasteiger partial charge in [0.2, 0.25) is 0 Å². The molecule has 62 valence electrons. The van der Waals surface area contributed by atoms with E-state index in [0.717, 1.165) is 0 Å². The number of benzene rings is 1. The monoisotopic (exact) mass is 267 g/mol. The van der Waals surface area contributed by atoms with Gasteiger partial charge in [0, 0.05) is 5.30 Å². The van der Waals surface area contributed by atoms with Crippen LogP contribution in [0.25, 0.3) is 0 Å². The van der Waals surface area contributed by atoms with Gasteiger partial charge in [-0.1, -0.05) is 42.1 Å². The summed E-state index contributed by atoms with van der Waals surface area (Å²) in [5.41, 5.74) is 0. The maximum absolute atomic E-state index is 5.56. The third kappa shape index (κ3) is 1.79. The Morgan fingerprint density at radius 3 is 2.25 bits per heavy atom. The highest BCUT2D eigenvalue weighted by Gasteiger charge is 2.48. The smallest absolute Gasteiger partial charge is 0.0622 e. The highest BCUT2D eigenvalue weighted by atomic mass is 33.7. The van der Waals surface area contributed by atoms with Crippen molar-refractivity contribution in [1.29, 1.82) is 0 Å². The Balaban J connectivity index is 2.33. The fourth-order valence-electron chi connectivity index (χ4n) is 0.886. The SMILES string of the molecule is S=[P+]1SP(=S)(c2ccccc2)S1. The van der Waals surface area contributed by atoms with Crippen LogP contribution in [0.4, 0.5) is 0 Å². The molecule has 0 aromatic heterocycles. The van der Waals surface area contributed by atoms with Crippen LogP contribution in [-0.4, -0.2) is 0 Å². The second-order valence-electron chi connectivity index (χ2n) is 2.22. The lowest BCUT2D eigenvalue weighted by molar-refractivity contribution is 1.78. The van der Waals surface area contributed by atoms with Crippen molar-refractivity contribution in [1.82, 2.24) is 0 Å². The van der Waals surface area contributed by atoms with Gasteiger partial charge in [-0.2, -0.15) is 0 Å². The van der Waals surface area contributed by atoms with E-state index in [2.05, 4.69) is 24.3 Å². The standard InChI is InChI=1S/C6H5P2S4/c9-7-11-8(10,12-7)6-4-2-1-3-5-6/h1-5H/q+1. The van der Waals surface area contributed by atoms with Gasteiger partial charge in [0.15, 0.2) is 38.3 Å². The lowest BCUT2D eigenvalue weighted by Crippen LogP contribution is -1.98. The van der Waals surface area contributed by atoms with Gasteiger partial charge in [0.25, 0.3) is 0 Å². The zero-order chi connectivity index (χ0) is 8.60. The highest BCUT2D eigenvalue weighted by molar-refractivity contribution is 9.44. The van der Waals surface area contributed by atoms with Gasteiger partial charge in [-0.05, 0) is 0 Å². The molecule has 0 unspecified atom stereocenters. The second-order valence-corrected chi connectivity index (χ2v) is 20.8. The summed E-state index contributed by atoms with van der Waals surface area (Å²) in [5.74, 6) is 0. The average Bonchev–Trinajstić information content (AvgIpc) is 2.04. The summed E-state index contributed by atoms with van der Waals surface area (Å²) < 4.78 is -1.31. The number of rotatable bonds is 1. The summed E-state index contributed by atoms with van der Waals surface area (Å²) in [5, 5.41) is 1.05. The first-order valence-electron chi connectivity index (χ1n) is 3.23. The van der Waals surface area contributed by atoms with E-state index < -0.39 is 4.44 Å². The Morgan fingerprint density at radius 1 is 1.17 bits per heavy atom. The first-order chi connectivity index (χ1) is 5.71. The number of hydrogen-bond donors (Lipinski definition) is 0. The minimum absolute atomic E-state index is 0.267. The predicted molar refractivity (Wildman–Crippen MR) is 69.8 cm³/mol. The molecule has 0 atom stereocenters. The Bertz CT molecular complexity index is 349. The summed E-state index contributed by atoms with van der Waals surface area (Å²) in [6.07, 6.45) is 0. The number of hydrogen-bond acceptors (Lipinski definition) is 4. The zero-order valence-electron chi connectivity index (χ0n) is 5.91. The quantitative estimate of drug-likeness (QED) is 0.708. The van der Waals surface area contributed by atoms with Crippen molar-refractivity contribution in [3.63, 3.8) is 0 Å². The summed E-state index contributed by atoms with van der Waals surface area (Å²) in [4.78, 5) is 0. The molecule has 1 aliphatic heterocycles. The Labute approximate surface area is 90.3 Å². The molecule has 0 radical (unpaired) electrons. The first-order valence-corrected chi connectivity index (χ1v) is 12.4. The van der Waals surface area contributed by atoms with Crippen molar-refractivity contribution in [3.05, 3.63) is 30.3 Å². The molecule has 1 aliphatic rings. The molecule has 1 heterocycles. The molecule has 12 heavy (non-hydrogen) atoms. The van der Waals surface area contributed by atoms with Crippen molar-refractivity contribution in [2.24, 2.45) is 0 Å². The Morgan fingerprint density at radius 2 is 1.75 bits per heavy atom. The third-order valence-electron chi connectivity index (χ3n) is 1.42. The van der Waals surface area contributed by atoms with E-state index in [4.69, 9.17) is 23.6 Å². The molecule has 0 N–H and O–H groups in total. The molecular weight excluding hydrogens is 262 g/mol. The summed E-state index contributed by atoms with van der Waals surface area (Å²) in [6.45, 7) is 0. The largest absolute Gasteiger partial charge is 0.329 e. The van der Waals surface area contributed by atoms with Crippen molar-refractivity contribution in [3.8, 4) is 0 Å². The van der Waals surface area contributed by atoms with E-state index in [9.17, 15) is 0 Å². The van der Waals surface area contributed by atoms with Crippen LogP contribution in [0.15, 0.2) is 30.3 Å².